The van der Waals surface area contributed by atoms with E-state index in [1.807, 2.05) is 5.92 Å². The molecule has 0 radical (unpaired) electrons. The molecule has 0 saturated heterocycles. The largest absolute Gasteiger partial charge is 2.00 e. The standard InChI is InChI=1S/C3H3.BrH.Mg/c1-3-2;;/h1H3;1H;/q-1;;+2/p-1. The Labute approximate surface area is 59.3 Å². The molecule has 0 aromatic carbocycles. The van der Waals surface area contributed by atoms with Crippen molar-refractivity contribution in [3.63, 3.8) is 0 Å². The van der Waals surface area contributed by atoms with Crippen molar-refractivity contribution in [3.8, 4) is 5.92 Å². The summed E-state index contributed by atoms with van der Waals surface area (Å²) < 4.78 is 0. The van der Waals surface area contributed by atoms with E-state index in [-0.39, 0.29) is 40.0 Å². The van der Waals surface area contributed by atoms with Gasteiger partial charge in [0.15, 0.2) is 0 Å². The summed E-state index contributed by atoms with van der Waals surface area (Å²) in [5, 5.41) is 0. The normalized spacial score (nSPS) is 1.60. The van der Waals surface area contributed by atoms with Crippen molar-refractivity contribution in [1.29, 1.82) is 0 Å². The predicted octanol–water partition coefficient (Wildman–Crippen LogP) is -2.78. The molecule has 0 heterocycles. The molecule has 0 saturated carbocycles. The van der Waals surface area contributed by atoms with Gasteiger partial charge in [0.2, 0.25) is 0 Å². The van der Waals surface area contributed by atoms with Gasteiger partial charge in [-0.2, -0.15) is 0 Å². The molecule has 0 bridgehead atoms. The molecule has 0 atom stereocenters. The quantitative estimate of drug-likeness (QED) is 0.195. The van der Waals surface area contributed by atoms with E-state index in [9.17, 15) is 0 Å². The Morgan fingerprint density at radius 3 is 1.60 bits per heavy atom. The average molecular weight is 143 g/mol. The third-order valence-corrected chi connectivity index (χ3v) is 0. The monoisotopic (exact) mass is 142 g/mol. The summed E-state index contributed by atoms with van der Waals surface area (Å²) in [5.41, 5.74) is 0. The molecule has 0 aromatic rings. The zero-order chi connectivity index (χ0) is 2.71. The summed E-state index contributed by atoms with van der Waals surface area (Å²) >= 11 is 0. The van der Waals surface area contributed by atoms with E-state index in [0.29, 0.717) is 0 Å². The summed E-state index contributed by atoms with van der Waals surface area (Å²) in [6.07, 6.45) is 5.96. The fraction of sp³-hybridized carbons (Fsp3) is 0.333. The molecule has 0 N–H and O–H groups in total. The van der Waals surface area contributed by atoms with Crippen LogP contribution in [0.4, 0.5) is 0 Å². The molecule has 0 unspecified atom stereocenters. The Bertz CT molecular complexity index is 28.4. The Morgan fingerprint density at radius 1 is 1.60 bits per heavy atom. The third kappa shape index (κ3) is 58.2. The van der Waals surface area contributed by atoms with Gasteiger partial charge in [-0.05, 0) is 6.92 Å². The molecule has 24 valence electrons. The molecule has 0 nitrogen and oxygen atoms in total. The first-order valence-electron chi connectivity index (χ1n) is 0.750. The molecular formula is C3H3BrMg. The minimum atomic E-state index is 0. The van der Waals surface area contributed by atoms with Crippen molar-refractivity contribution in [2.24, 2.45) is 0 Å². The van der Waals surface area contributed by atoms with E-state index in [1.54, 1.807) is 6.92 Å². The third-order valence-electron chi connectivity index (χ3n) is 0. The molecular weight excluding hydrogens is 140 g/mol. The number of hydrogen-bond acceptors (Lipinski definition) is 0. The van der Waals surface area contributed by atoms with Crippen LogP contribution in [0.3, 0.4) is 0 Å². The van der Waals surface area contributed by atoms with Gasteiger partial charge in [-0.3, -0.25) is 0 Å². The van der Waals surface area contributed by atoms with Gasteiger partial charge in [-0.1, -0.05) is 0 Å². The molecule has 5 heavy (non-hydrogen) atoms. The van der Waals surface area contributed by atoms with E-state index in [4.69, 9.17) is 6.42 Å². The van der Waals surface area contributed by atoms with Crippen LogP contribution in [-0.4, -0.2) is 23.1 Å². The minimum Gasteiger partial charge on any atom is -1.00 e. The second kappa shape index (κ2) is 21.3. The summed E-state index contributed by atoms with van der Waals surface area (Å²) in [6.45, 7) is 1.54. The summed E-state index contributed by atoms with van der Waals surface area (Å²) in [4.78, 5) is 0. The smallest absolute Gasteiger partial charge is 1.00 e. The fourth-order valence-corrected chi connectivity index (χ4v) is 0. The fourth-order valence-electron chi connectivity index (χ4n) is 0. The van der Waals surface area contributed by atoms with Crippen LogP contribution in [0.1, 0.15) is 6.92 Å². The SMILES string of the molecule is [Br-].[C-]#CC.[Mg+2]. The van der Waals surface area contributed by atoms with Crippen LogP contribution < -0.4 is 17.0 Å². The van der Waals surface area contributed by atoms with E-state index in [2.05, 4.69) is 0 Å². The van der Waals surface area contributed by atoms with Crippen LogP contribution in [0.5, 0.6) is 0 Å². The van der Waals surface area contributed by atoms with Crippen LogP contribution in [0.2, 0.25) is 0 Å². The van der Waals surface area contributed by atoms with Gasteiger partial charge in [0.25, 0.3) is 0 Å². The number of hydrogen-bond donors (Lipinski definition) is 0. The molecule has 0 rings (SSSR count). The maximum Gasteiger partial charge on any atom is 2.00 e. The molecule has 0 spiro atoms. The van der Waals surface area contributed by atoms with Crippen molar-refractivity contribution < 1.29 is 17.0 Å². The van der Waals surface area contributed by atoms with E-state index >= 15 is 0 Å². The second-order valence-electron chi connectivity index (χ2n) is 0.250. The molecule has 2 heteroatoms. The van der Waals surface area contributed by atoms with Crippen LogP contribution in [0, 0.1) is 12.3 Å². The summed E-state index contributed by atoms with van der Waals surface area (Å²) in [7, 11) is 0. The van der Waals surface area contributed by atoms with E-state index < -0.39 is 0 Å². The second-order valence-corrected chi connectivity index (χ2v) is 0.250. The van der Waals surface area contributed by atoms with Crippen LogP contribution in [0.25, 0.3) is 0 Å². The topological polar surface area (TPSA) is 0 Å². The first-order chi connectivity index (χ1) is 1.41. The Hall–Kier alpha value is 0.806. The van der Waals surface area contributed by atoms with Gasteiger partial charge in [0.1, 0.15) is 0 Å². The first kappa shape index (κ1) is 17.0. The van der Waals surface area contributed by atoms with Crippen molar-refractivity contribution >= 4 is 23.1 Å². The van der Waals surface area contributed by atoms with Crippen molar-refractivity contribution in [3.05, 3.63) is 6.42 Å². The zero-order valence-electron chi connectivity index (χ0n) is 3.09. The summed E-state index contributed by atoms with van der Waals surface area (Å²) in [5.74, 6) is 2.00. The first-order valence-corrected chi connectivity index (χ1v) is 0.750. The van der Waals surface area contributed by atoms with E-state index in [0.717, 1.165) is 0 Å². The van der Waals surface area contributed by atoms with Crippen molar-refractivity contribution in [2.75, 3.05) is 0 Å². The van der Waals surface area contributed by atoms with Gasteiger partial charge >= 0.3 is 23.1 Å². The molecule has 0 aliphatic heterocycles. The Morgan fingerprint density at radius 2 is 1.60 bits per heavy atom. The van der Waals surface area contributed by atoms with Gasteiger partial charge in [0, 0.05) is 0 Å². The van der Waals surface area contributed by atoms with Crippen molar-refractivity contribution in [2.45, 2.75) is 6.92 Å². The molecule has 0 fully saturated rings. The predicted molar refractivity (Wildman–Crippen MR) is 18.6 cm³/mol. The van der Waals surface area contributed by atoms with Gasteiger partial charge in [-0.15, -0.1) is 0 Å². The molecule has 0 amide bonds. The minimum absolute atomic E-state index is 0. The van der Waals surface area contributed by atoms with Crippen LogP contribution in [-0.2, 0) is 0 Å². The maximum absolute atomic E-state index is 5.96. The Kier molecular flexibility index (Phi) is 72.7. The van der Waals surface area contributed by atoms with Gasteiger partial charge in [-0.25, -0.2) is 0 Å². The van der Waals surface area contributed by atoms with E-state index in [1.165, 1.54) is 0 Å². The maximum atomic E-state index is 5.96. The Balaban J connectivity index is -0.0000000200. The molecule has 0 aliphatic carbocycles. The molecule has 0 aliphatic rings. The zero-order valence-corrected chi connectivity index (χ0v) is 6.09. The average Bonchev–Trinajstić information content (AvgIpc) is 0.918. The van der Waals surface area contributed by atoms with Crippen molar-refractivity contribution in [1.82, 2.24) is 0 Å². The van der Waals surface area contributed by atoms with Gasteiger partial charge in [0.05, 0.1) is 0 Å². The summed E-state index contributed by atoms with van der Waals surface area (Å²) in [6, 6.07) is 0. The number of halogens is 1. The van der Waals surface area contributed by atoms with Crippen LogP contribution >= 0.6 is 0 Å². The van der Waals surface area contributed by atoms with Gasteiger partial charge < -0.3 is 29.3 Å². The molecule has 0 aromatic heterocycles. The van der Waals surface area contributed by atoms with Crippen LogP contribution in [0.15, 0.2) is 0 Å². The number of rotatable bonds is 0.